The standard InChI is InChI=1S/C14H20N2O3S/c1-19-7-6-16-10-11(9-13(16)17)14(18)15-5-4-12-3-2-8-20-12/h2-3,8,11H,4-7,9-10H2,1H3,(H,15,18)/t11-/m1/s1. The number of likely N-dealkylation sites (tertiary alicyclic amines) is 1. The molecule has 5 nitrogen and oxygen atoms in total. The van der Waals surface area contributed by atoms with E-state index in [1.54, 1.807) is 23.3 Å². The summed E-state index contributed by atoms with van der Waals surface area (Å²) in [5, 5.41) is 4.95. The average molecular weight is 296 g/mol. The Bertz CT molecular complexity index is 447. The summed E-state index contributed by atoms with van der Waals surface area (Å²) in [5.74, 6) is -0.196. The minimum absolute atomic E-state index is 0.0187. The number of carbonyl (C=O) groups excluding carboxylic acids is 2. The van der Waals surface area contributed by atoms with E-state index < -0.39 is 0 Å². The second-order valence-corrected chi connectivity index (χ2v) is 5.89. The van der Waals surface area contributed by atoms with E-state index in [0.717, 1.165) is 6.42 Å². The van der Waals surface area contributed by atoms with Crippen molar-refractivity contribution in [1.82, 2.24) is 10.2 Å². The number of hydrogen-bond donors (Lipinski definition) is 1. The Kier molecular flexibility index (Phi) is 5.55. The predicted octanol–water partition coefficient (Wildman–Crippen LogP) is 0.902. The van der Waals surface area contributed by atoms with Crippen molar-refractivity contribution in [2.75, 3.05) is 33.4 Å². The van der Waals surface area contributed by atoms with Gasteiger partial charge in [0.1, 0.15) is 0 Å². The lowest BCUT2D eigenvalue weighted by molar-refractivity contribution is -0.129. The highest BCUT2D eigenvalue weighted by Gasteiger charge is 2.33. The van der Waals surface area contributed by atoms with E-state index in [1.807, 2.05) is 11.4 Å². The van der Waals surface area contributed by atoms with E-state index in [1.165, 1.54) is 4.88 Å². The zero-order chi connectivity index (χ0) is 14.4. The highest BCUT2D eigenvalue weighted by atomic mass is 32.1. The van der Waals surface area contributed by atoms with Crippen LogP contribution in [-0.4, -0.2) is 50.1 Å². The number of nitrogens with one attached hydrogen (secondary N) is 1. The zero-order valence-corrected chi connectivity index (χ0v) is 12.4. The molecule has 0 bridgehead atoms. The van der Waals surface area contributed by atoms with Gasteiger partial charge in [-0.2, -0.15) is 0 Å². The number of thiophene rings is 1. The topological polar surface area (TPSA) is 58.6 Å². The molecule has 1 saturated heterocycles. The second-order valence-electron chi connectivity index (χ2n) is 4.85. The third-order valence-corrected chi connectivity index (χ3v) is 4.34. The molecule has 0 aromatic carbocycles. The lowest BCUT2D eigenvalue weighted by Crippen LogP contribution is -2.34. The van der Waals surface area contributed by atoms with Crippen LogP contribution in [0.3, 0.4) is 0 Å². The molecule has 1 aromatic heterocycles. The number of carbonyl (C=O) groups is 2. The van der Waals surface area contributed by atoms with E-state index in [0.29, 0.717) is 32.7 Å². The fourth-order valence-electron chi connectivity index (χ4n) is 2.27. The van der Waals surface area contributed by atoms with Gasteiger partial charge in [0, 0.05) is 38.0 Å². The molecule has 0 aliphatic carbocycles. The van der Waals surface area contributed by atoms with E-state index in [9.17, 15) is 9.59 Å². The van der Waals surface area contributed by atoms with Gasteiger partial charge in [0.15, 0.2) is 0 Å². The van der Waals surface area contributed by atoms with Crippen LogP contribution >= 0.6 is 11.3 Å². The summed E-state index contributed by atoms with van der Waals surface area (Å²) in [7, 11) is 1.61. The fraction of sp³-hybridized carbons (Fsp3) is 0.571. The molecule has 20 heavy (non-hydrogen) atoms. The van der Waals surface area contributed by atoms with E-state index in [-0.39, 0.29) is 17.7 Å². The van der Waals surface area contributed by atoms with Gasteiger partial charge in [0.2, 0.25) is 11.8 Å². The number of methoxy groups -OCH3 is 1. The van der Waals surface area contributed by atoms with Crippen LogP contribution in [0.25, 0.3) is 0 Å². The van der Waals surface area contributed by atoms with Crippen LogP contribution in [0.15, 0.2) is 17.5 Å². The average Bonchev–Trinajstić information content (AvgIpc) is 3.06. The Morgan fingerprint density at radius 2 is 2.45 bits per heavy atom. The summed E-state index contributed by atoms with van der Waals surface area (Å²) >= 11 is 1.69. The van der Waals surface area contributed by atoms with Gasteiger partial charge in [-0.1, -0.05) is 6.07 Å². The van der Waals surface area contributed by atoms with Crippen molar-refractivity contribution < 1.29 is 14.3 Å². The molecule has 0 saturated carbocycles. The number of nitrogens with zero attached hydrogens (tertiary/aromatic N) is 1. The molecule has 2 heterocycles. The maximum atomic E-state index is 12.0. The minimum atomic E-state index is -0.220. The second kappa shape index (κ2) is 7.40. The van der Waals surface area contributed by atoms with Crippen molar-refractivity contribution in [3.8, 4) is 0 Å². The summed E-state index contributed by atoms with van der Waals surface area (Å²) in [6.45, 7) is 2.21. The van der Waals surface area contributed by atoms with Gasteiger partial charge in [0.25, 0.3) is 0 Å². The lowest BCUT2D eigenvalue weighted by atomic mass is 10.1. The monoisotopic (exact) mass is 296 g/mol. The maximum absolute atomic E-state index is 12.0. The molecule has 1 aromatic rings. The van der Waals surface area contributed by atoms with Crippen molar-refractivity contribution in [3.05, 3.63) is 22.4 Å². The molecule has 2 rings (SSSR count). The van der Waals surface area contributed by atoms with Gasteiger partial charge in [-0.25, -0.2) is 0 Å². The largest absolute Gasteiger partial charge is 0.383 e. The molecule has 0 unspecified atom stereocenters. The highest BCUT2D eigenvalue weighted by Crippen LogP contribution is 2.17. The van der Waals surface area contributed by atoms with Gasteiger partial charge in [-0.3, -0.25) is 9.59 Å². The summed E-state index contributed by atoms with van der Waals surface area (Å²) in [5.41, 5.74) is 0. The molecule has 110 valence electrons. The van der Waals surface area contributed by atoms with Crippen molar-refractivity contribution in [1.29, 1.82) is 0 Å². The van der Waals surface area contributed by atoms with Crippen molar-refractivity contribution in [3.63, 3.8) is 0 Å². The number of hydrogen-bond acceptors (Lipinski definition) is 4. The number of ether oxygens (including phenoxy) is 1. The molecule has 0 radical (unpaired) electrons. The summed E-state index contributed by atoms with van der Waals surface area (Å²) in [4.78, 5) is 26.7. The highest BCUT2D eigenvalue weighted by molar-refractivity contribution is 7.09. The third kappa shape index (κ3) is 4.05. The minimum Gasteiger partial charge on any atom is -0.383 e. The molecule has 1 N–H and O–H groups in total. The first-order valence-corrected chi connectivity index (χ1v) is 7.65. The van der Waals surface area contributed by atoms with Crippen LogP contribution < -0.4 is 5.32 Å². The predicted molar refractivity (Wildman–Crippen MR) is 77.6 cm³/mol. The maximum Gasteiger partial charge on any atom is 0.225 e. The number of amides is 2. The molecule has 0 spiro atoms. The van der Waals surface area contributed by atoms with Gasteiger partial charge in [0.05, 0.1) is 12.5 Å². The molecule has 1 aliphatic heterocycles. The molecule has 1 atom stereocenters. The first kappa shape index (κ1) is 15.0. The molecular weight excluding hydrogens is 276 g/mol. The Morgan fingerprint density at radius 1 is 1.60 bits per heavy atom. The van der Waals surface area contributed by atoms with Gasteiger partial charge in [-0.15, -0.1) is 11.3 Å². The summed E-state index contributed by atoms with van der Waals surface area (Å²) in [6, 6.07) is 4.06. The molecule has 1 fully saturated rings. The lowest BCUT2D eigenvalue weighted by Gasteiger charge is -2.15. The van der Waals surface area contributed by atoms with E-state index in [2.05, 4.69) is 11.4 Å². The Hall–Kier alpha value is -1.40. The number of rotatable bonds is 7. The van der Waals surface area contributed by atoms with Crippen LogP contribution in [0, 0.1) is 5.92 Å². The molecular formula is C14H20N2O3S. The normalized spacial score (nSPS) is 18.6. The third-order valence-electron chi connectivity index (χ3n) is 3.40. The van der Waals surface area contributed by atoms with Crippen molar-refractivity contribution in [2.24, 2.45) is 5.92 Å². The van der Waals surface area contributed by atoms with Crippen LogP contribution in [-0.2, 0) is 20.7 Å². The molecule has 2 amide bonds. The quantitative estimate of drug-likeness (QED) is 0.813. The Morgan fingerprint density at radius 3 is 3.15 bits per heavy atom. The first-order chi connectivity index (χ1) is 9.70. The summed E-state index contributed by atoms with van der Waals surface area (Å²) < 4.78 is 4.96. The first-order valence-electron chi connectivity index (χ1n) is 6.77. The van der Waals surface area contributed by atoms with Crippen LogP contribution in [0.2, 0.25) is 0 Å². The Balaban J connectivity index is 1.71. The van der Waals surface area contributed by atoms with Crippen molar-refractivity contribution >= 4 is 23.2 Å². The SMILES string of the molecule is COCCN1C[C@H](C(=O)NCCc2cccs2)CC1=O. The summed E-state index contributed by atoms with van der Waals surface area (Å²) in [6.07, 6.45) is 1.16. The smallest absolute Gasteiger partial charge is 0.225 e. The van der Waals surface area contributed by atoms with Crippen LogP contribution in [0.5, 0.6) is 0 Å². The van der Waals surface area contributed by atoms with Gasteiger partial charge < -0.3 is 15.0 Å². The van der Waals surface area contributed by atoms with Crippen LogP contribution in [0.1, 0.15) is 11.3 Å². The van der Waals surface area contributed by atoms with Crippen molar-refractivity contribution in [2.45, 2.75) is 12.8 Å². The van der Waals surface area contributed by atoms with Gasteiger partial charge in [-0.05, 0) is 17.9 Å². The molecule has 6 heteroatoms. The van der Waals surface area contributed by atoms with E-state index in [4.69, 9.17) is 4.74 Å². The van der Waals surface area contributed by atoms with Crippen LogP contribution in [0.4, 0.5) is 0 Å². The molecule has 1 aliphatic rings. The zero-order valence-electron chi connectivity index (χ0n) is 11.6. The van der Waals surface area contributed by atoms with Gasteiger partial charge >= 0.3 is 0 Å². The Labute approximate surface area is 122 Å². The fourth-order valence-corrected chi connectivity index (χ4v) is 2.98. The van der Waals surface area contributed by atoms with E-state index >= 15 is 0 Å².